The number of halogens is 1. The minimum Gasteiger partial charge on any atom is -0.295 e. The molecule has 0 amide bonds. The van der Waals surface area contributed by atoms with Crippen LogP contribution in [0.5, 0.6) is 0 Å². The Hall–Kier alpha value is -1.88. The van der Waals surface area contributed by atoms with Crippen molar-refractivity contribution < 1.29 is 13.5 Å². The quantitative estimate of drug-likeness (QED) is 0.792. The highest BCUT2D eigenvalue weighted by molar-refractivity contribution is 8.23. The summed E-state index contributed by atoms with van der Waals surface area (Å²) in [5.41, 5.74) is 4.16. The van der Waals surface area contributed by atoms with Gasteiger partial charge in [-0.1, -0.05) is 36.4 Å². The molecule has 114 valence electrons. The van der Waals surface area contributed by atoms with Crippen LogP contribution in [0.1, 0.15) is 17.5 Å². The van der Waals surface area contributed by atoms with Crippen LogP contribution in [0.3, 0.4) is 0 Å². The number of benzene rings is 2. The van der Waals surface area contributed by atoms with E-state index in [-0.39, 0.29) is 5.82 Å². The van der Waals surface area contributed by atoms with Crippen molar-refractivity contribution in [3.05, 3.63) is 77.6 Å². The Morgan fingerprint density at radius 3 is 1.73 bits per heavy atom. The molecule has 0 unspecified atom stereocenters. The summed E-state index contributed by atoms with van der Waals surface area (Å²) in [4.78, 5) is 0.530. The average Bonchev–Trinajstić information content (AvgIpc) is 2.97. The van der Waals surface area contributed by atoms with Crippen LogP contribution in [-0.2, 0) is 0 Å². The zero-order valence-corrected chi connectivity index (χ0v) is 13.0. The number of hydrogen-bond donors (Lipinski definition) is 2. The Bertz CT molecular complexity index is 738. The molecule has 0 saturated heterocycles. The van der Waals surface area contributed by atoms with Crippen molar-refractivity contribution >= 4 is 21.7 Å². The van der Waals surface area contributed by atoms with Crippen LogP contribution in [-0.4, -0.2) is 15.4 Å². The molecule has 3 rings (SSSR count). The Morgan fingerprint density at radius 1 is 0.818 bits per heavy atom. The van der Waals surface area contributed by atoms with Gasteiger partial charge in [-0.2, -0.15) is 10.6 Å². The van der Waals surface area contributed by atoms with Crippen LogP contribution in [0.4, 0.5) is 4.39 Å². The van der Waals surface area contributed by atoms with E-state index in [0.29, 0.717) is 4.90 Å². The third-order valence-corrected chi connectivity index (χ3v) is 4.87. The summed E-state index contributed by atoms with van der Waals surface area (Å²) in [7, 11) is -2.69. The molecule has 4 heteroatoms. The monoisotopic (exact) mass is 316 g/mol. The van der Waals surface area contributed by atoms with E-state index in [9.17, 15) is 13.5 Å². The van der Waals surface area contributed by atoms with E-state index in [1.54, 1.807) is 24.3 Å². The Morgan fingerprint density at radius 2 is 1.27 bits per heavy atom. The molecule has 0 bridgehead atoms. The second kappa shape index (κ2) is 5.72. The molecule has 1 aliphatic carbocycles. The van der Waals surface area contributed by atoms with Gasteiger partial charge < -0.3 is 0 Å². The maximum Gasteiger partial charge on any atom is 0.123 e. The van der Waals surface area contributed by atoms with E-state index in [4.69, 9.17) is 0 Å². The van der Waals surface area contributed by atoms with Gasteiger partial charge >= 0.3 is 0 Å². The maximum atomic E-state index is 13.1. The minimum atomic E-state index is -2.69. The lowest BCUT2D eigenvalue weighted by Gasteiger charge is -2.27. The SMILES string of the molecule is CS(O)(O)c1ccc(C2=CCC=C2c2ccc(F)cc2)cc1. The van der Waals surface area contributed by atoms with Crippen LogP contribution in [0.15, 0.2) is 65.6 Å². The van der Waals surface area contributed by atoms with Crippen molar-refractivity contribution in [2.24, 2.45) is 0 Å². The van der Waals surface area contributed by atoms with E-state index in [1.165, 1.54) is 18.4 Å². The summed E-state index contributed by atoms with van der Waals surface area (Å²) in [5, 5.41) is 0. The first-order valence-corrected chi connectivity index (χ1v) is 8.91. The smallest absolute Gasteiger partial charge is 0.123 e. The van der Waals surface area contributed by atoms with Crippen LogP contribution in [0.25, 0.3) is 11.1 Å². The first-order valence-electron chi connectivity index (χ1n) is 6.95. The van der Waals surface area contributed by atoms with Gasteiger partial charge in [-0.3, -0.25) is 9.11 Å². The number of allylic oxidation sites excluding steroid dienone is 4. The van der Waals surface area contributed by atoms with Crippen molar-refractivity contribution in [3.63, 3.8) is 0 Å². The summed E-state index contributed by atoms with van der Waals surface area (Å²) in [6, 6.07) is 13.7. The second-order valence-corrected chi connectivity index (χ2v) is 7.47. The molecule has 2 nitrogen and oxygen atoms in total. The minimum absolute atomic E-state index is 0.245. The molecule has 0 saturated carbocycles. The van der Waals surface area contributed by atoms with Gasteiger partial charge in [-0.15, -0.1) is 0 Å². The van der Waals surface area contributed by atoms with Gasteiger partial charge in [-0.25, -0.2) is 4.39 Å². The zero-order valence-electron chi connectivity index (χ0n) is 12.2. The maximum absolute atomic E-state index is 13.1. The van der Waals surface area contributed by atoms with Gasteiger partial charge in [0.25, 0.3) is 0 Å². The Labute approximate surface area is 131 Å². The highest BCUT2D eigenvalue weighted by Crippen LogP contribution is 2.45. The molecule has 0 heterocycles. The number of hydrogen-bond acceptors (Lipinski definition) is 2. The van der Waals surface area contributed by atoms with Crippen molar-refractivity contribution in [2.75, 3.05) is 6.26 Å². The summed E-state index contributed by atoms with van der Waals surface area (Å²) in [6.07, 6.45) is 6.50. The zero-order chi connectivity index (χ0) is 15.7. The highest BCUT2D eigenvalue weighted by atomic mass is 32.3. The third-order valence-electron chi connectivity index (χ3n) is 3.70. The van der Waals surface area contributed by atoms with Gasteiger partial charge in [-0.05, 0) is 53.0 Å². The summed E-state index contributed by atoms with van der Waals surface area (Å²) < 4.78 is 32.4. The predicted octanol–water partition coefficient (Wildman–Crippen LogP) is 5.44. The first-order chi connectivity index (χ1) is 10.4. The van der Waals surface area contributed by atoms with Crippen LogP contribution >= 0.6 is 10.6 Å². The molecule has 22 heavy (non-hydrogen) atoms. The van der Waals surface area contributed by atoms with Gasteiger partial charge in [0, 0.05) is 6.26 Å². The topological polar surface area (TPSA) is 40.5 Å². The van der Waals surface area contributed by atoms with E-state index >= 15 is 0 Å². The van der Waals surface area contributed by atoms with Gasteiger partial charge in [0.05, 0.1) is 4.90 Å². The molecule has 0 spiro atoms. The van der Waals surface area contributed by atoms with Gasteiger partial charge in [0.15, 0.2) is 0 Å². The lowest BCUT2D eigenvalue weighted by molar-refractivity contribution is 0.495. The molecule has 0 aliphatic heterocycles. The van der Waals surface area contributed by atoms with E-state index in [1.807, 2.05) is 12.1 Å². The molecule has 0 fully saturated rings. The lowest BCUT2D eigenvalue weighted by atomic mass is 9.95. The van der Waals surface area contributed by atoms with Crippen molar-refractivity contribution in [1.29, 1.82) is 0 Å². The molecule has 2 N–H and O–H groups in total. The predicted molar refractivity (Wildman–Crippen MR) is 90.5 cm³/mol. The fraction of sp³-hybridized carbons (Fsp3) is 0.111. The van der Waals surface area contributed by atoms with Crippen molar-refractivity contribution in [2.45, 2.75) is 11.3 Å². The van der Waals surface area contributed by atoms with Gasteiger partial charge in [0.2, 0.25) is 0 Å². The summed E-state index contributed by atoms with van der Waals surface area (Å²) >= 11 is 0. The number of rotatable bonds is 3. The molecule has 1 aliphatic rings. The van der Waals surface area contributed by atoms with Gasteiger partial charge in [0.1, 0.15) is 5.82 Å². The van der Waals surface area contributed by atoms with Crippen molar-refractivity contribution in [3.8, 4) is 0 Å². The third kappa shape index (κ3) is 2.99. The molecule has 0 aromatic heterocycles. The highest BCUT2D eigenvalue weighted by Gasteiger charge is 2.15. The lowest BCUT2D eigenvalue weighted by Crippen LogP contribution is -1.95. The van der Waals surface area contributed by atoms with Crippen LogP contribution in [0, 0.1) is 5.82 Å². The normalized spacial score (nSPS) is 15.5. The van der Waals surface area contributed by atoms with Crippen molar-refractivity contribution in [1.82, 2.24) is 0 Å². The van der Waals surface area contributed by atoms with Crippen LogP contribution in [0.2, 0.25) is 0 Å². The molecular formula is C18H17FO2S. The van der Waals surface area contributed by atoms with Crippen LogP contribution < -0.4 is 0 Å². The summed E-state index contributed by atoms with van der Waals surface area (Å²) in [5.74, 6) is -0.245. The largest absolute Gasteiger partial charge is 0.295 e. The Balaban J connectivity index is 1.92. The molecule has 0 radical (unpaired) electrons. The Kier molecular flexibility index (Phi) is 3.91. The van der Waals surface area contributed by atoms with E-state index in [0.717, 1.165) is 28.7 Å². The fourth-order valence-electron chi connectivity index (χ4n) is 2.58. The molecule has 2 aromatic rings. The van der Waals surface area contributed by atoms with E-state index in [2.05, 4.69) is 12.2 Å². The van der Waals surface area contributed by atoms with E-state index < -0.39 is 10.6 Å². The average molecular weight is 316 g/mol. The standard InChI is InChI=1S/C18H17FO2S/c1-22(20,21)16-11-7-14(8-12-16)18-4-2-3-17(18)13-5-9-15(19)10-6-13/h3-12,20-21H,2H2,1H3. The second-order valence-electron chi connectivity index (χ2n) is 5.34. The fourth-order valence-corrected chi connectivity index (χ4v) is 3.23. The molecule has 0 atom stereocenters. The molecule has 2 aromatic carbocycles. The molecular weight excluding hydrogens is 299 g/mol. The first kappa shape index (κ1) is 15.0. The summed E-state index contributed by atoms with van der Waals surface area (Å²) in [6.45, 7) is 0.